The van der Waals surface area contributed by atoms with E-state index < -0.39 is 15.5 Å². The first kappa shape index (κ1) is 18.5. The van der Waals surface area contributed by atoms with Crippen molar-refractivity contribution in [3.05, 3.63) is 73.8 Å². The average molecular weight is 369 g/mol. The van der Waals surface area contributed by atoms with Crippen LogP contribution in [0.4, 0.5) is 11.4 Å². The third kappa shape index (κ3) is 4.28. The number of hydrogen-bond acceptors (Lipinski definition) is 6. The Morgan fingerprint density at radius 1 is 1.04 bits per heavy atom. The molecule has 0 aromatic heterocycles. The Labute approximate surface area is 155 Å². The second kappa shape index (κ2) is 7.94. The van der Waals surface area contributed by atoms with Gasteiger partial charge in [0.25, 0.3) is 5.69 Å². The Morgan fingerprint density at radius 3 is 2.44 bits per heavy atom. The van der Waals surface area contributed by atoms with Crippen molar-refractivity contribution < 1.29 is 14.7 Å². The highest BCUT2D eigenvalue weighted by atomic mass is 16.7. The maximum atomic E-state index is 11.2. The van der Waals surface area contributed by atoms with Gasteiger partial charge in [0.1, 0.15) is 0 Å². The summed E-state index contributed by atoms with van der Waals surface area (Å²) in [5.41, 5.74) is 2.30. The quantitative estimate of drug-likeness (QED) is 0.550. The van der Waals surface area contributed by atoms with E-state index in [2.05, 4.69) is 17.3 Å². The molecule has 0 heterocycles. The summed E-state index contributed by atoms with van der Waals surface area (Å²) < 4.78 is 0. The third-order valence-electron chi connectivity index (χ3n) is 4.67. The number of oxime groups is 1. The van der Waals surface area contributed by atoms with E-state index in [-0.39, 0.29) is 17.4 Å². The highest BCUT2D eigenvalue weighted by Gasteiger charge is 2.25. The van der Waals surface area contributed by atoms with Crippen molar-refractivity contribution in [3.63, 3.8) is 0 Å². The van der Waals surface area contributed by atoms with Gasteiger partial charge in [-0.15, -0.1) is 0 Å². The van der Waals surface area contributed by atoms with E-state index in [0.717, 1.165) is 43.0 Å². The number of non-ortho nitro benzene ring substituents is 1. The predicted molar refractivity (Wildman–Crippen MR) is 100 cm³/mol. The number of nitro benzene ring substituents is 2. The Balaban J connectivity index is 1.88. The Morgan fingerprint density at radius 2 is 1.78 bits per heavy atom. The summed E-state index contributed by atoms with van der Waals surface area (Å²) in [6.45, 7) is 2.02. The highest BCUT2D eigenvalue weighted by Crippen LogP contribution is 2.34. The molecule has 0 unspecified atom stereocenters. The maximum Gasteiger partial charge on any atom is 0.321 e. The summed E-state index contributed by atoms with van der Waals surface area (Å²) in [6, 6.07) is 11.5. The lowest BCUT2D eigenvalue weighted by atomic mass is 9.82. The number of benzene rings is 2. The van der Waals surface area contributed by atoms with Gasteiger partial charge in [-0.05, 0) is 37.8 Å². The fourth-order valence-electron chi connectivity index (χ4n) is 3.21. The van der Waals surface area contributed by atoms with Crippen molar-refractivity contribution in [1.82, 2.24) is 0 Å². The summed E-state index contributed by atoms with van der Waals surface area (Å²) in [5, 5.41) is 26.2. The number of aryl methyl sites for hydroxylation is 1. The van der Waals surface area contributed by atoms with E-state index in [0.29, 0.717) is 0 Å². The predicted octanol–water partition coefficient (Wildman–Crippen LogP) is 4.90. The van der Waals surface area contributed by atoms with Crippen LogP contribution in [0, 0.1) is 27.2 Å². The van der Waals surface area contributed by atoms with Crippen LogP contribution in [0.2, 0.25) is 0 Å². The molecular formula is C19H19N3O5. The summed E-state index contributed by atoms with van der Waals surface area (Å²) in [4.78, 5) is 26.0. The third-order valence-corrected chi connectivity index (χ3v) is 4.67. The van der Waals surface area contributed by atoms with Gasteiger partial charge < -0.3 is 4.84 Å². The topological polar surface area (TPSA) is 108 Å². The van der Waals surface area contributed by atoms with Crippen LogP contribution in [0.1, 0.15) is 42.7 Å². The van der Waals surface area contributed by atoms with Crippen molar-refractivity contribution in [2.45, 2.75) is 38.5 Å². The van der Waals surface area contributed by atoms with E-state index in [1.54, 1.807) is 0 Å². The minimum Gasteiger partial charge on any atom is -0.350 e. The second-order valence-corrected chi connectivity index (χ2v) is 6.55. The Hall–Kier alpha value is -3.29. The van der Waals surface area contributed by atoms with Crippen LogP contribution in [0.25, 0.3) is 0 Å². The van der Waals surface area contributed by atoms with Gasteiger partial charge in [0.2, 0.25) is 5.75 Å². The summed E-state index contributed by atoms with van der Waals surface area (Å²) in [6.07, 6.45) is 3.75. The fraction of sp³-hybridized carbons (Fsp3) is 0.316. The number of nitro groups is 2. The Kier molecular flexibility index (Phi) is 5.44. The number of hydrogen-bond donors (Lipinski definition) is 0. The molecule has 1 saturated carbocycles. The van der Waals surface area contributed by atoms with Crippen molar-refractivity contribution in [2.24, 2.45) is 5.16 Å². The van der Waals surface area contributed by atoms with Crippen molar-refractivity contribution in [3.8, 4) is 5.75 Å². The molecule has 0 N–H and O–H groups in total. The SMILES string of the molecule is Cc1ccc([C@H]2CCCC/C2=N\Oc2ccc([N+](=O)[O-])cc2[N+](=O)[O-])cc1. The molecule has 0 spiro atoms. The van der Waals surface area contributed by atoms with Gasteiger partial charge in [-0.25, -0.2) is 0 Å². The van der Waals surface area contributed by atoms with E-state index in [1.807, 2.05) is 19.1 Å². The molecule has 1 aliphatic carbocycles. The Bertz CT molecular complexity index is 893. The van der Waals surface area contributed by atoms with Crippen LogP contribution >= 0.6 is 0 Å². The molecule has 0 radical (unpaired) electrons. The van der Waals surface area contributed by atoms with Gasteiger partial charge in [-0.1, -0.05) is 41.4 Å². The normalized spacial score (nSPS) is 18.3. The van der Waals surface area contributed by atoms with E-state index in [4.69, 9.17) is 4.84 Å². The molecule has 0 saturated heterocycles. The zero-order chi connectivity index (χ0) is 19.4. The molecule has 8 heteroatoms. The average Bonchev–Trinajstić information content (AvgIpc) is 2.67. The van der Waals surface area contributed by atoms with Gasteiger partial charge >= 0.3 is 5.69 Å². The number of rotatable bonds is 5. The van der Waals surface area contributed by atoms with Crippen LogP contribution in [-0.2, 0) is 0 Å². The van der Waals surface area contributed by atoms with Crippen LogP contribution in [-0.4, -0.2) is 15.6 Å². The van der Waals surface area contributed by atoms with Crippen LogP contribution in [0.5, 0.6) is 5.75 Å². The van der Waals surface area contributed by atoms with E-state index >= 15 is 0 Å². The van der Waals surface area contributed by atoms with Gasteiger partial charge in [0.15, 0.2) is 0 Å². The lowest BCUT2D eigenvalue weighted by Crippen LogP contribution is -2.18. The standard InChI is InChI=1S/C19H19N3O5/c1-13-6-8-14(9-7-13)16-4-2-3-5-17(16)20-27-19-11-10-15(21(23)24)12-18(19)22(25)26/h6-12,16H,2-5H2,1H3/b20-17+/t16-/m1/s1. The number of nitrogens with zero attached hydrogens (tertiary/aromatic N) is 3. The van der Waals surface area contributed by atoms with Crippen LogP contribution in [0.3, 0.4) is 0 Å². The first-order chi connectivity index (χ1) is 13.0. The van der Waals surface area contributed by atoms with Crippen molar-refractivity contribution >= 4 is 17.1 Å². The summed E-state index contributed by atoms with van der Waals surface area (Å²) >= 11 is 0. The molecule has 0 aliphatic heterocycles. The molecule has 27 heavy (non-hydrogen) atoms. The molecule has 0 bridgehead atoms. The lowest BCUT2D eigenvalue weighted by molar-refractivity contribution is -0.394. The second-order valence-electron chi connectivity index (χ2n) is 6.55. The van der Waals surface area contributed by atoms with Gasteiger partial charge in [0, 0.05) is 12.0 Å². The molecule has 2 aromatic carbocycles. The molecule has 140 valence electrons. The van der Waals surface area contributed by atoms with Crippen LogP contribution < -0.4 is 4.84 Å². The summed E-state index contributed by atoms with van der Waals surface area (Å²) in [7, 11) is 0. The molecule has 2 aromatic rings. The van der Waals surface area contributed by atoms with E-state index in [1.165, 1.54) is 17.7 Å². The van der Waals surface area contributed by atoms with Crippen LogP contribution in [0.15, 0.2) is 47.6 Å². The van der Waals surface area contributed by atoms with Gasteiger partial charge in [-0.2, -0.15) is 0 Å². The fourth-order valence-corrected chi connectivity index (χ4v) is 3.21. The zero-order valence-corrected chi connectivity index (χ0v) is 14.8. The van der Waals surface area contributed by atoms with Crippen molar-refractivity contribution in [2.75, 3.05) is 0 Å². The molecule has 1 aliphatic rings. The molecule has 8 nitrogen and oxygen atoms in total. The van der Waals surface area contributed by atoms with Crippen molar-refractivity contribution in [1.29, 1.82) is 0 Å². The molecule has 1 fully saturated rings. The largest absolute Gasteiger partial charge is 0.350 e. The molecule has 3 rings (SSSR count). The lowest BCUT2D eigenvalue weighted by Gasteiger charge is -2.24. The summed E-state index contributed by atoms with van der Waals surface area (Å²) in [5.74, 6) is 0.00258. The van der Waals surface area contributed by atoms with Gasteiger partial charge in [-0.3, -0.25) is 20.2 Å². The van der Waals surface area contributed by atoms with Gasteiger partial charge in [0.05, 0.1) is 21.6 Å². The highest BCUT2D eigenvalue weighted by molar-refractivity contribution is 5.91. The molecule has 0 amide bonds. The first-order valence-corrected chi connectivity index (χ1v) is 8.69. The monoisotopic (exact) mass is 369 g/mol. The zero-order valence-electron chi connectivity index (χ0n) is 14.8. The van der Waals surface area contributed by atoms with E-state index in [9.17, 15) is 20.2 Å². The smallest absolute Gasteiger partial charge is 0.321 e. The molecular weight excluding hydrogens is 350 g/mol. The minimum atomic E-state index is -0.707. The maximum absolute atomic E-state index is 11.2. The first-order valence-electron chi connectivity index (χ1n) is 8.69. The minimum absolute atomic E-state index is 0.105. The molecule has 1 atom stereocenters.